The predicted molar refractivity (Wildman–Crippen MR) is 96.6 cm³/mol. The van der Waals surface area contributed by atoms with Crippen LogP contribution in [0.5, 0.6) is 0 Å². The molecule has 0 N–H and O–H groups in total. The lowest BCUT2D eigenvalue weighted by Crippen LogP contribution is -2.55. The lowest BCUT2D eigenvalue weighted by molar-refractivity contribution is 0.0666. The number of allylic oxidation sites excluding steroid dienone is 1. The Labute approximate surface area is 142 Å². The van der Waals surface area contributed by atoms with Crippen LogP contribution in [0.25, 0.3) is 0 Å². The van der Waals surface area contributed by atoms with Gasteiger partial charge in [-0.05, 0) is 44.3 Å². The van der Waals surface area contributed by atoms with Gasteiger partial charge in [0.2, 0.25) is 0 Å². The van der Waals surface area contributed by atoms with Gasteiger partial charge >= 0.3 is 0 Å². The summed E-state index contributed by atoms with van der Waals surface area (Å²) < 4.78 is 0. The monoisotopic (exact) mass is 315 g/mol. The van der Waals surface area contributed by atoms with Gasteiger partial charge in [0.15, 0.2) is 0 Å². The number of nitrogens with zero attached hydrogens (tertiary/aromatic N) is 3. The van der Waals surface area contributed by atoms with E-state index in [-0.39, 0.29) is 0 Å². The number of fused-ring (bicyclic) bond motifs is 1. The molecule has 0 aromatic heterocycles. The molecule has 128 valence electrons. The SMILES string of the molecule is CCN1CCN(C2C=CC(C34CC3CN(CC)C4)=CC2)C(C)C1. The minimum atomic E-state index is 0.546. The molecule has 4 aliphatic rings. The maximum Gasteiger partial charge on any atom is 0.0319 e. The van der Waals surface area contributed by atoms with Crippen molar-refractivity contribution in [2.24, 2.45) is 11.3 Å². The Kier molecular flexibility index (Phi) is 4.15. The lowest BCUT2D eigenvalue weighted by Gasteiger charge is -2.43. The quantitative estimate of drug-likeness (QED) is 0.789. The van der Waals surface area contributed by atoms with Crippen LogP contribution in [-0.4, -0.2) is 72.6 Å². The van der Waals surface area contributed by atoms with Crippen molar-refractivity contribution in [1.29, 1.82) is 0 Å². The first-order valence-electron chi connectivity index (χ1n) is 9.75. The van der Waals surface area contributed by atoms with Gasteiger partial charge in [0.1, 0.15) is 0 Å². The van der Waals surface area contributed by atoms with Crippen LogP contribution in [0.1, 0.15) is 33.6 Å². The van der Waals surface area contributed by atoms with Crippen LogP contribution in [0.3, 0.4) is 0 Å². The Hall–Kier alpha value is -0.640. The van der Waals surface area contributed by atoms with Gasteiger partial charge in [-0.15, -0.1) is 0 Å². The number of hydrogen-bond donors (Lipinski definition) is 0. The highest BCUT2D eigenvalue weighted by atomic mass is 15.3. The van der Waals surface area contributed by atoms with E-state index >= 15 is 0 Å². The van der Waals surface area contributed by atoms with Crippen molar-refractivity contribution < 1.29 is 0 Å². The van der Waals surface area contributed by atoms with E-state index in [1.165, 1.54) is 58.7 Å². The molecule has 2 saturated heterocycles. The Balaban J connectivity index is 1.38. The number of piperazine rings is 1. The third-order valence-electron chi connectivity index (χ3n) is 6.95. The van der Waals surface area contributed by atoms with E-state index < -0.39 is 0 Å². The maximum absolute atomic E-state index is 2.73. The predicted octanol–water partition coefficient (Wildman–Crippen LogP) is 2.61. The fourth-order valence-electron chi connectivity index (χ4n) is 5.33. The molecular formula is C20H33N3. The second-order valence-corrected chi connectivity index (χ2v) is 8.19. The van der Waals surface area contributed by atoms with Gasteiger partial charge in [0.05, 0.1) is 0 Å². The molecule has 4 rings (SSSR count). The zero-order valence-electron chi connectivity index (χ0n) is 15.2. The molecule has 0 aromatic rings. The first-order chi connectivity index (χ1) is 11.2. The van der Waals surface area contributed by atoms with E-state index in [1.807, 2.05) is 0 Å². The molecule has 4 atom stereocenters. The molecule has 2 aliphatic carbocycles. The zero-order chi connectivity index (χ0) is 16.0. The molecule has 3 heteroatoms. The van der Waals surface area contributed by atoms with Crippen LogP contribution in [0.15, 0.2) is 23.8 Å². The van der Waals surface area contributed by atoms with Crippen molar-refractivity contribution >= 4 is 0 Å². The van der Waals surface area contributed by atoms with Crippen LogP contribution in [0.4, 0.5) is 0 Å². The smallest absolute Gasteiger partial charge is 0.0319 e. The van der Waals surface area contributed by atoms with Crippen molar-refractivity contribution in [2.75, 3.05) is 45.8 Å². The first kappa shape index (κ1) is 15.9. The fraction of sp³-hybridized carbons (Fsp3) is 0.800. The summed E-state index contributed by atoms with van der Waals surface area (Å²) in [6, 6.07) is 1.31. The largest absolute Gasteiger partial charge is 0.302 e. The molecule has 3 fully saturated rings. The summed E-state index contributed by atoms with van der Waals surface area (Å²) >= 11 is 0. The molecule has 2 heterocycles. The molecular weight excluding hydrogens is 282 g/mol. The minimum Gasteiger partial charge on any atom is -0.302 e. The van der Waals surface area contributed by atoms with Gasteiger partial charge in [0.25, 0.3) is 0 Å². The Morgan fingerprint density at radius 2 is 1.96 bits per heavy atom. The van der Waals surface area contributed by atoms with Crippen LogP contribution >= 0.6 is 0 Å². The first-order valence-corrected chi connectivity index (χ1v) is 9.75. The molecule has 0 spiro atoms. The van der Waals surface area contributed by atoms with E-state index in [9.17, 15) is 0 Å². The zero-order valence-corrected chi connectivity index (χ0v) is 15.2. The molecule has 0 radical (unpaired) electrons. The highest BCUT2D eigenvalue weighted by Gasteiger charge is 2.60. The maximum atomic E-state index is 2.73. The summed E-state index contributed by atoms with van der Waals surface area (Å²) in [7, 11) is 0. The van der Waals surface area contributed by atoms with Gasteiger partial charge in [-0.1, -0.05) is 32.1 Å². The van der Waals surface area contributed by atoms with Gasteiger partial charge < -0.3 is 9.80 Å². The summed E-state index contributed by atoms with van der Waals surface area (Å²) in [5.74, 6) is 0.946. The van der Waals surface area contributed by atoms with Crippen LogP contribution in [0.2, 0.25) is 0 Å². The standard InChI is InChI=1S/C20H33N3/c1-4-21-10-11-23(16(3)13-21)19-8-6-17(7-9-19)20-12-18(20)14-22(5-2)15-20/h6-8,16,18-19H,4-5,9-15H2,1-3H3. The summed E-state index contributed by atoms with van der Waals surface area (Å²) in [6.07, 6.45) is 10.3. The van der Waals surface area contributed by atoms with Crippen molar-refractivity contribution in [3.63, 3.8) is 0 Å². The van der Waals surface area contributed by atoms with E-state index in [0.29, 0.717) is 17.5 Å². The fourth-order valence-corrected chi connectivity index (χ4v) is 5.33. The molecule has 4 unspecified atom stereocenters. The molecule has 1 saturated carbocycles. The Bertz CT molecular complexity index is 511. The minimum absolute atomic E-state index is 0.546. The van der Waals surface area contributed by atoms with Gasteiger partial charge in [-0.2, -0.15) is 0 Å². The molecule has 0 aromatic carbocycles. The molecule has 2 aliphatic heterocycles. The number of likely N-dealkylation sites (N-methyl/N-ethyl adjacent to an activating group) is 1. The van der Waals surface area contributed by atoms with E-state index in [1.54, 1.807) is 5.57 Å². The van der Waals surface area contributed by atoms with Crippen LogP contribution < -0.4 is 0 Å². The number of rotatable bonds is 4. The van der Waals surface area contributed by atoms with E-state index in [4.69, 9.17) is 0 Å². The second-order valence-electron chi connectivity index (χ2n) is 8.19. The molecule has 3 nitrogen and oxygen atoms in total. The highest BCUT2D eigenvalue weighted by Crippen LogP contribution is 2.62. The average molecular weight is 316 g/mol. The van der Waals surface area contributed by atoms with E-state index in [0.717, 1.165) is 5.92 Å². The van der Waals surface area contributed by atoms with Crippen molar-refractivity contribution in [3.05, 3.63) is 23.8 Å². The van der Waals surface area contributed by atoms with Gasteiger partial charge in [0, 0.05) is 50.2 Å². The highest BCUT2D eigenvalue weighted by molar-refractivity contribution is 5.40. The average Bonchev–Trinajstić information content (AvgIpc) is 3.16. The number of piperidine rings is 1. The van der Waals surface area contributed by atoms with E-state index in [2.05, 4.69) is 53.7 Å². The second kappa shape index (κ2) is 6.02. The summed E-state index contributed by atoms with van der Waals surface area (Å²) in [5, 5.41) is 0. The third kappa shape index (κ3) is 2.71. The van der Waals surface area contributed by atoms with Crippen molar-refractivity contribution in [3.8, 4) is 0 Å². The summed E-state index contributed by atoms with van der Waals surface area (Å²) in [6.45, 7) is 15.7. The topological polar surface area (TPSA) is 9.72 Å². The van der Waals surface area contributed by atoms with Gasteiger partial charge in [-0.3, -0.25) is 4.90 Å². The van der Waals surface area contributed by atoms with Crippen molar-refractivity contribution in [2.45, 2.75) is 45.7 Å². The summed E-state index contributed by atoms with van der Waals surface area (Å²) in [5.41, 5.74) is 2.21. The molecule has 0 amide bonds. The Morgan fingerprint density at radius 1 is 1.13 bits per heavy atom. The normalized spacial score (nSPS) is 41.9. The Morgan fingerprint density at radius 3 is 2.57 bits per heavy atom. The molecule has 23 heavy (non-hydrogen) atoms. The molecule has 0 bridgehead atoms. The van der Waals surface area contributed by atoms with Crippen LogP contribution in [0, 0.1) is 11.3 Å². The summed E-state index contributed by atoms with van der Waals surface area (Å²) in [4.78, 5) is 7.95. The number of likely N-dealkylation sites (tertiary alicyclic amines) is 1. The lowest BCUT2D eigenvalue weighted by atomic mass is 9.88. The van der Waals surface area contributed by atoms with Crippen LogP contribution in [-0.2, 0) is 0 Å². The third-order valence-corrected chi connectivity index (χ3v) is 6.95. The van der Waals surface area contributed by atoms with Crippen molar-refractivity contribution in [1.82, 2.24) is 14.7 Å². The van der Waals surface area contributed by atoms with Gasteiger partial charge in [-0.25, -0.2) is 0 Å². The number of hydrogen-bond acceptors (Lipinski definition) is 3.